The van der Waals surface area contributed by atoms with Gasteiger partial charge in [0.1, 0.15) is 0 Å². The average molecular weight is 245 g/mol. The molecule has 0 aliphatic heterocycles. The normalized spacial score (nSPS) is 10.9. The molecule has 94 valence electrons. The molecule has 2 aromatic rings. The van der Waals surface area contributed by atoms with Crippen LogP contribution in [0.3, 0.4) is 0 Å². The van der Waals surface area contributed by atoms with Gasteiger partial charge in [0.2, 0.25) is 5.95 Å². The Balaban J connectivity index is 2.74. The van der Waals surface area contributed by atoms with Gasteiger partial charge in [0, 0.05) is 7.05 Å². The summed E-state index contributed by atoms with van der Waals surface area (Å²) >= 11 is 0. The number of anilines is 1. The lowest BCUT2D eigenvalue weighted by atomic mass is 10.1. The number of carbonyl (C=O) groups excluding carboxylic acids is 2. The second-order valence-corrected chi connectivity index (χ2v) is 4.17. The van der Waals surface area contributed by atoms with Gasteiger partial charge in [-0.3, -0.25) is 14.2 Å². The highest BCUT2D eigenvalue weighted by Crippen LogP contribution is 2.25. The average Bonchev–Trinajstić information content (AvgIpc) is 2.67. The predicted molar refractivity (Wildman–Crippen MR) is 69.7 cm³/mol. The number of ketones is 2. The van der Waals surface area contributed by atoms with Crippen LogP contribution in [0.5, 0.6) is 0 Å². The molecule has 0 bridgehead atoms. The molecule has 0 aliphatic carbocycles. The van der Waals surface area contributed by atoms with Crippen molar-refractivity contribution in [2.45, 2.75) is 19.9 Å². The number of fused-ring (bicyclic) bond motifs is 1. The van der Waals surface area contributed by atoms with Crippen molar-refractivity contribution in [2.75, 3.05) is 12.4 Å². The maximum atomic E-state index is 11.7. The monoisotopic (exact) mass is 245 g/mol. The van der Waals surface area contributed by atoms with Gasteiger partial charge in [-0.2, -0.15) is 0 Å². The topological polar surface area (TPSA) is 64.0 Å². The van der Waals surface area contributed by atoms with E-state index in [1.807, 2.05) is 24.3 Å². The Morgan fingerprint density at radius 2 is 1.83 bits per heavy atom. The Bertz CT molecular complexity index is 602. The third-order valence-electron chi connectivity index (χ3n) is 2.85. The minimum Gasteiger partial charge on any atom is -0.359 e. The molecule has 5 heteroatoms. The fourth-order valence-electron chi connectivity index (χ4n) is 2.13. The maximum absolute atomic E-state index is 11.7. The molecule has 1 N–H and O–H groups in total. The van der Waals surface area contributed by atoms with Gasteiger partial charge < -0.3 is 5.32 Å². The summed E-state index contributed by atoms with van der Waals surface area (Å²) in [6, 6.07) is 6.61. The molecule has 0 saturated carbocycles. The molecule has 1 aromatic heterocycles. The van der Waals surface area contributed by atoms with Crippen LogP contribution in [0.25, 0.3) is 11.0 Å². The third-order valence-corrected chi connectivity index (χ3v) is 2.85. The van der Waals surface area contributed by atoms with E-state index in [1.165, 1.54) is 13.8 Å². The van der Waals surface area contributed by atoms with E-state index in [1.54, 1.807) is 11.6 Å². The van der Waals surface area contributed by atoms with E-state index in [9.17, 15) is 9.59 Å². The van der Waals surface area contributed by atoms with Crippen molar-refractivity contribution in [3.8, 4) is 0 Å². The van der Waals surface area contributed by atoms with Gasteiger partial charge in [0.05, 0.1) is 11.0 Å². The zero-order valence-corrected chi connectivity index (χ0v) is 10.6. The number of hydrogen-bond acceptors (Lipinski definition) is 4. The van der Waals surface area contributed by atoms with Gasteiger partial charge in [-0.1, -0.05) is 12.1 Å². The van der Waals surface area contributed by atoms with Crippen LogP contribution in [0.4, 0.5) is 5.95 Å². The van der Waals surface area contributed by atoms with Crippen molar-refractivity contribution in [3.05, 3.63) is 24.3 Å². The van der Waals surface area contributed by atoms with Crippen molar-refractivity contribution in [1.82, 2.24) is 9.55 Å². The predicted octanol–water partition coefficient (Wildman–Crippen LogP) is 1.80. The summed E-state index contributed by atoms with van der Waals surface area (Å²) in [5.74, 6) is 0.135. The van der Waals surface area contributed by atoms with E-state index in [2.05, 4.69) is 10.3 Å². The first-order valence-electron chi connectivity index (χ1n) is 5.72. The van der Waals surface area contributed by atoms with E-state index < -0.39 is 6.04 Å². The van der Waals surface area contributed by atoms with Crippen LogP contribution in [0.2, 0.25) is 0 Å². The molecule has 0 aliphatic rings. The van der Waals surface area contributed by atoms with E-state index >= 15 is 0 Å². The van der Waals surface area contributed by atoms with Crippen molar-refractivity contribution < 1.29 is 9.59 Å². The molecule has 0 saturated heterocycles. The molecule has 0 spiro atoms. The highest BCUT2D eigenvalue weighted by atomic mass is 16.2. The number of aromatic nitrogens is 2. The Morgan fingerprint density at radius 1 is 1.22 bits per heavy atom. The molecule has 2 rings (SSSR count). The van der Waals surface area contributed by atoms with Crippen LogP contribution in [-0.2, 0) is 9.59 Å². The first kappa shape index (κ1) is 12.3. The lowest BCUT2D eigenvalue weighted by molar-refractivity contribution is -0.129. The summed E-state index contributed by atoms with van der Waals surface area (Å²) in [7, 11) is 1.72. The molecule has 0 atom stereocenters. The SMILES string of the molecule is CNc1nc2ccccc2n1C(C(C)=O)C(C)=O. The number of imidazole rings is 1. The number of nitrogens with zero attached hydrogens (tertiary/aromatic N) is 2. The van der Waals surface area contributed by atoms with E-state index in [-0.39, 0.29) is 11.6 Å². The third kappa shape index (κ3) is 1.88. The second kappa shape index (κ2) is 4.60. The Hall–Kier alpha value is -2.17. The second-order valence-electron chi connectivity index (χ2n) is 4.17. The number of nitrogens with one attached hydrogen (secondary N) is 1. The van der Waals surface area contributed by atoms with Crippen LogP contribution >= 0.6 is 0 Å². The van der Waals surface area contributed by atoms with Crippen LogP contribution in [0, 0.1) is 0 Å². The first-order chi connectivity index (χ1) is 8.56. The van der Waals surface area contributed by atoms with Gasteiger partial charge in [-0.05, 0) is 26.0 Å². The Kier molecular flexibility index (Phi) is 3.14. The molecular weight excluding hydrogens is 230 g/mol. The molecular formula is C13H15N3O2. The van der Waals surface area contributed by atoms with Crippen LogP contribution < -0.4 is 5.32 Å². The molecule has 18 heavy (non-hydrogen) atoms. The lowest BCUT2D eigenvalue weighted by Crippen LogP contribution is -2.25. The zero-order valence-electron chi connectivity index (χ0n) is 10.6. The Labute approximate surface area is 105 Å². The van der Waals surface area contributed by atoms with Gasteiger partial charge in [-0.15, -0.1) is 0 Å². The molecule has 0 amide bonds. The van der Waals surface area contributed by atoms with E-state index in [0.717, 1.165) is 11.0 Å². The van der Waals surface area contributed by atoms with Crippen molar-refractivity contribution in [1.29, 1.82) is 0 Å². The highest BCUT2D eigenvalue weighted by Gasteiger charge is 2.26. The quantitative estimate of drug-likeness (QED) is 0.834. The fourth-order valence-corrected chi connectivity index (χ4v) is 2.13. The molecule has 0 fully saturated rings. The summed E-state index contributed by atoms with van der Waals surface area (Å²) in [5, 5.41) is 2.92. The summed E-state index contributed by atoms with van der Waals surface area (Å²) in [6.45, 7) is 2.83. The minimum absolute atomic E-state index is 0.192. The first-order valence-corrected chi connectivity index (χ1v) is 5.72. The maximum Gasteiger partial charge on any atom is 0.204 e. The van der Waals surface area contributed by atoms with Gasteiger partial charge in [0.25, 0.3) is 0 Å². The van der Waals surface area contributed by atoms with Gasteiger partial charge >= 0.3 is 0 Å². The van der Waals surface area contributed by atoms with Gasteiger partial charge in [0.15, 0.2) is 17.6 Å². The number of Topliss-reactive ketones (excluding diaryl/α,β-unsaturated/α-hetero) is 2. The number of hydrogen-bond donors (Lipinski definition) is 1. The van der Waals surface area contributed by atoms with Crippen LogP contribution in [0.1, 0.15) is 19.9 Å². The molecule has 1 aromatic carbocycles. The van der Waals surface area contributed by atoms with Crippen molar-refractivity contribution >= 4 is 28.5 Å². The molecule has 1 heterocycles. The molecule has 0 unspecified atom stereocenters. The minimum atomic E-state index is -0.820. The van der Waals surface area contributed by atoms with Crippen molar-refractivity contribution in [3.63, 3.8) is 0 Å². The van der Waals surface area contributed by atoms with Crippen molar-refractivity contribution in [2.24, 2.45) is 0 Å². The highest BCUT2D eigenvalue weighted by molar-refractivity contribution is 6.04. The van der Waals surface area contributed by atoms with Crippen LogP contribution in [0.15, 0.2) is 24.3 Å². The Morgan fingerprint density at radius 3 is 2.39 bits per heavy atom. The van der Waals surface area contributed by atoms with E-state index in [4.69, 9.17) is 0 Å². The number of rotatable bonds is 4. The summed E-state index contributed by atoms with van der Waals surface area (Å²) in [5.41, 5.74) is 1.53. The summed E-state index contributed by atoms with van der Waals surface area (Å²) in [6.07, 6.45) is 0. The largest absolute Gasteiger partial charge is 0.359 e. The number of benzene rings is 1. The lowest BCUT2D eigenvalue weighted by Gasteiger charge is -2.16. The van der Waals surface area contributed by atoms with Crippen LogP contribution in [-0.4, -0.2) is 28.2 Å². The summed E-state index contributed by atoms with van der Waals surface area (Å²) in [4.78, 5) is 27.8. The number of para-hydroxylation sites is 2. The molecule has 0 radical (unpaired) electrons. The standard InChI is InChI=1S/C13H15N3O2/c1-8(17)12(9(2)18)16-11-7-5-4-6-10(11)15-13(16)14-3/h4-7,12H,1-3H3,(H,14,15). The summed E-state index contributed by atoms with van der Waals surface area (Å²) < 4.78 is 1.65. The fraction of sp³-hybridized carbons (Fsp3) is 0.308. The smallest absolute Gasteiger partial charge is 0.204 e. The van der Waals surface area contributed by atoms with E-state index in [0.29, 0.717) is 5.95 Å². The zero-order chi connectivity index (χ0) is 13.3. The molecule has 5 nitrogen and oxygen atoms in total. The number of carbonyl (C=O) groups is 2. The van der Waals surface area contributed by atoms with Gasteiger partial charge in [-0.25, -0.2) is 4.98 Å².